The first-order valence-corrected chi connectivity index (χ1v) is 7.77. The summed E-state index contributed by atoms with van der Waals surface area (Å²) >= 11 is 1.59. The topological polar surface area (TPSA) is 55.1 Å². The Balaban J connectivity index is 1.73. The number of rotatable bonds is 6. The molecule has 19 heavy (non-hydrogen) atoms. The predicted molar refractivity (Wildman–Crippen MR) is 80.3 cm³/mol. The van der Waals surface area contributed by atoms with Crippen molar-refractivity contribution < 1.29 is 4.79 Å². The standard InChI is InChI=1S/C15H22N2OS/c1-10-3-6-14(11(2)7-10)19-9-15(18)17-8-13(16)12-4-5-12/h3,6-7,12-13H,4-5,8-9,16H2,1-2H3,(H,17,18). The van der Waals surface area contributed by atoms with Gasteiger partial charge in [-0.1, -0.05) is 17.7 Å². The van der Waals surface area contributed by atoms with E-state index in [9.17, 15) is 4.79 Å². The molecule has 0 radical (unpaired) electrons. The average molecular weight is 278 g/mol. The molecule has 1 aromatic rings. The summed E-state index contributed by atoms with van der Waals surface area (Å²) in [6.45, 7) is 4.76. The van der Waals surface area contributed by atoms with Gasteiger partial charge in [-0.25, -0.2) is 0 Å². The largest absolute Gasteiger partial charge is 0.354 e. The number of benzene rings is 1. The number of aryl methyl sites for hydroxylation is 2. The van der Waals surface area contributed by atoms with Crippen LogP contribution >= 0.6 is 11.8 Å². The molecule has 3 nitrogen and oxygen atoms in total. The minimum Gasteiger partial charge on any atom is -0.354 e. The third kappa shape index (κ3) is 4.55. The Morgan fingerprint density at radius 1 is 1.47 bits per heavy atom. The van der Waals surface area contributed by atoms with Crippen LogP contribution in [0.15, 0.2) is 23.1 Å². The summed E-state index contributed by atoms with van der Waals surface area (Å²) in [6.07, 6.45) is 2.43. The fourth-order valence-electron chi connectivity index (χ4n) is 2.08. The van der Waals surface area contributed by atoms with Crippen molar-refractivity contribution in [3.8, 4) is 0 Å². The summed E-state index contributed by atoms with van der Waals surface area (Å²) in [5, 5.41) is 2.92. The van der Waals surface area contributed by atoms with E-state index in [1.165, 1.54) is 28.9 Å². The highest BCUT2D eigenvalue weighted by atomic mass is 32.2. The fraction of sp³-hybridized carbons (Fsp3) is 0.533. The number of hydrogen-bond acceptors (Lipinski definition) is 3. The SMILES string of the molecule is Cc1ccc(SCC(=O)NCC(N)C2CC2)c(C)c1. The van der Waals surface area contributed by atoms with Crippen LogP contribution in [0.3, 0.4) is 0 Å². The number of amides is 1. The molecule has 0 spiro atoms. The number of carbonyl (C=O) groups excluding carboxylic acids is 1. The summed E-state index contributed by atoms with van der Waals surface area (Å²) in [6, 6.07) is 6.44. The molecule has 4 heteroatoms. The minimum atomic E-state index is 0.0704. The lowest BCUT2D eigenvalue weighted by Gasteiger charge is -2.12. The van der Waals surface area contributed by atoms with Gasteiger partial charge in [-0.05, 0) is 44.2 Å². The highest BCUT2D eigenvalue weighted by Crippen LogP contribution is 2.31. The van der Waals surface area contributed by atoms with Gasteiger partial charge < -0.3 is 11.1 Å². The Kier molecular flexibility index (Phi) is 4.88. The monoisotopic (exact) mass is 278 g/mol. The van der Waals surface area contributed by atoms with E-state index in [2.05, 4.69) is 37.4 Å². The Morgan fingerprint density at radius 3 is 2.84 bits per heavy atom. The maximum absolute atomic E-state index is 11.8. The maximum atomic E-state index is 11.8. The van der Waals surface area contributed by atoms with Gasteiger partial charge in [-0.3, -0.25) is 4.79 Å². The smallest absolute Gasteiger partial charge is 0.230 e. The van der Waals surface area contributed by atoms with Crippen LogP contribution in [-0.4, -0.2) is 24.2 Å². The van der Waals surface area contributed by atoms with Crippen LogP contribution in [0, 0.1) is 19.8 Å². The van der Waals surface area contributed by atoms with Gasteiger partial charge in [0.15, 0.2) is 0 Å². The lowest BCUT2D eigenvalue weighted by Crippen LogP contribution is -2.39. The molecule has 0 saturated heterocycles. The van der Waals surface area contributed by atoms with E-state index in [0.29, 0.717) is 18.2 Å². The van der Waals surface area contributed by atoms with Crippen LogP contribution in [0.5, 0.6) is 0 Å². The zero-order valence-electron chi connectivity index (χ0n) is 11.6. The van der Waals surface area contributed by atoms with Crippen molar-refractivity contribution in [1.82, 2.24) is 5.32 Å². The van der Waals surface area contributed by atoms with Crippen molar-refractivity contribution >= 4 is 17.7 Å². The summed E-state index contributed by atoms with van der Waals surface area (Å²) in [7, 11) is 0. The second kappa shape index (κ2) is 6.44. The lowest BCUT2D eigenvalue weighted by molar-refractivity contribution is -0.118. The molecule has 0 aromatic heterocycles. The highest BCUT2D eigenvalue weighted by Gasteiger charge is 2.28. The number of nitrogens with one attached hydrogen (secondary N) is 1. The van der Waals surface area contributed by atoms with Gasteiger partial charge in [0.2, 0.25) is 5.91 Å². The third-order valence-electron chi connectivity index (χ3n) is 3.45. The van der Waals surface area contributed by atoms with Crippen molar-refractivity contribution in [2.75, 3.05) is 12.3 Å². The Labute approximate surface area is 119 Å². The second-order valence-electron chi connectivity index (χ2n) is 5.36. The zero-order valence-corrected chi connectivity index (χ0v) is 12.4. The minimum absolute atomic E-state index is 0.0704. The quantitative estimate of drug-likeness (QED) is 0.785. The molecule has 3 N–H and O–H groups in total. The zero-order chi connectivity index (χ0) is 13.8. The Morgan fingerprint density at radius 2 is 2.21 bits per heavy atom. The molecule has 1 aromatic carbocycles. The van der Waals surface area contributed by atoms with Crippen LogP contribution < -0.4 is 11.1 Å². The molecular weight excluding hydrogens is 256 g/mol. The van der Waals surface area contributed by atoms with Crippen molar-refractivity contribution in [3.63, 3.8) is 0 Å². The molecule has 1 atom stereocenters. The van der Waals surface area contributed by atoms with Gasteiger partial charge in [-0.15, -0.1) is 11.8 Å². The lowest BCUT2D eigenvalue weighted by atomic mass is 10.2. The molecule has 1 fully saturated rings. The van der Waals surface area contributed by atoms with Gasteiger partial charge in [0.25, 0.3) is 0 Å². The van der Waals surface area contributed by atoms with E-state index >= 15 is 0 Å². The molecule has 1 amide bonds. The molecule has 1 saturated carbocycles. The van der Waals surface area contributed by atoms with Gasteiger partial charge in [-0.2, -0.15) is 0 Å². The van der Waals surface area contributed by atoms with E-state index in [1.54, 1.807) is 11.8 Å². The summed E-state index contributed by atoms with van der Waals surface area (Å²) in [5.41, 5.74) is 8.43. The third-order valence-corrected chi connectivity index (χ3v) is 4.63. The first kappa shape index (κ1) is 14.4. The summed E-state index contributed by atoms with van der Waals surface area (Å²) < 4.78 is 0. The molecule has 2 rings (SSSR count). The number of hydrogen-bond donors (Lipinski definition) is 2. The first-order valence-electron chi connectivity index (χ1n) is 6.78. The average Bonchev–Trinajstić information content (AvgIpc) is 3.19. The van der Waals surface area contributed by atoms with Crippen LogP contribution in [-0.2, 0) is 4.79 Å². The van der Waals surface area contributed by atoms with E-state index in [0.717, 1.165) is 0 Å². The van der Waals surface area contributed by atoms with Crippen molar-refractivity contribution in [2.24, 2.45) is 11.7 Å². The van der Waals surface area contributed by atoms with Crippen molar-refractivity contribution in [2.45, 2.75) is 37.6 Å². The van der Waals surface area contributed by atoms with Gasteiger partial charge in [0.05, 0.1) is 5.75 Å². The number of nitrogens with two attached hydrogens (primary N) is 1. The van der Waals surface area contributed by atoms with Gasteiger partial charge in [0, 0.05) is 17.5 Å². The van der Waals surface area contributed by atoms with Crippen LogP contribution in [0.2, 0.25) is 0 Å². The van der Waals surface area contributed by atoms with E-state index in [4.69, 9.17) is 5.73 Å². The molecule has 1 unspecified atom stereocenters. The number of thioether (sulfide) groups is 1. The normalized spacial score (nSPS) is 16.2. The Bertz CT molecular complexity index is 457. The highest BCUT2D eigenvalue weighted by molar-refractivity contribution is 8.00. The summed E-state index contributed by atoms with van der Waals surface area (Å²) in [5.74, 6) is 1.16. The van der Waals surface area contributed by atoms with Crippen LogP contribution in [0.1, 0.15) is 24.0 Å². The van der Waals surface area contributed by atoms with Crippen molar-refractivity contribution in [1.29, 1.82) is 0 Å². The fourth-order valence-corrected chi connectivity index (χ4v) is 2.92. The first-order chi connectivity index (χ1) is 9.06. The van der Waals surface area contributed by atoms with Crippen LogP contribution in [0.25, 0.3) is 0 Å². The molecule has 0 aliphatic heterocycles. The summed E-state index contributed by atoms with van der Waals surface area (Å²) in [4.78, 5) is 12.9. The number of carbonyl (C=O) groups is 1. The molecule has 0 bridgehead atoms. The van der Waals surface area contributed by atoms with Gasteiger partial charge in [0.1, 0.15) is 0 Å². The predicted octanol–water partition coefficient (Wildman–Crippen LogP) is 2.25. The van der Waals surface area contributed by atoms with E-state index < -0.39 is 0 Å². The van der Waals surface area contributed by atoms with Gasteiger partial charge >= 0.3 is 0 Å². The molecule has 1 aliphatic carbocycles. The maximum Gasteiger partial charge on any atom is 0.230 e. The van der Waals surface area contributed by atoms with Crippen LogP contribution in [0.4, 0.5) is 0 Å². The molecule has 1 aliphatic rings. The molecule has 104 valence electrons. The molecule has 0 heterocycles. The van der Waals surface area contributed by atoms with E-state index in [-0.39, 0.29) is 11.9 Å². The Hall–Kier alpha value is -1.00. The van der Waals surface area contributed by atoms with Crippen molar-refractivity contribution in [3.05, 3.63) is 29.3 Å². The second-order valence-corrected chi connectivity index (χ2v) is 6.38. The molecular formula is C15H22N2OS. The van der Waals surface area contributed by atoms with E-state index in [1.807, 2.05) is 0 Å².